The summed E-state index contributed by atoms with van der Waals surface area (Å²) >= 11 is 0. The van der Waals surface area contributed by atoms with Gasteiger partial charge in [0.05, 0.1) is 6.04 Å². The standard InChI is InChI=1S/C21H26N2O.ClH/c1-15-14-17(11-12-22-15)21(24)23-13-5-10-20(23)19-9-4-7-16-6-2-3-8-18(16)19;/h2-4,6-9,15,17,20,22H,5,10-14H2,1H3;1H/t15-,17-,20?;/m0./s1. The Morgan fingerprint density at radius 1 is 1.12 bits per heavy atom. The molecule has 4 heteroatoms. The van der Waals surface area contributed by atoms with Crippen molar-refractivity contribution in [1.29, 1.82) is 0 Å². The SMILES string of the molecule is C[C@H]1C[C@@H](C(=O)N2CCCC2c2cccc3ccccc23)CCN1.Cl. The summed E-state index contributed by atoms with van der Waals surface area (Å²) in [6, 6.07) is 15.7. The number of carbonyl (C=O) groups excluding carboxylic acids is 1. The molecule has 25 heavy (non-hydrogen) atoms. The molecule has 1 N–H and O–H groups in total. The van der Waals surface area contributed by atoms with E-state index in [0.29, 0.717) is 11.9 Å². The molecule has 2 fully saturated rings. The van der Waals surface area contributed by atoms with Crippen molar-refractivity contribution in [3.8, 4) is 0 Å². The van der Waals surface area contributed by atoms with Gasteiger partial charge in [-0.1, -0.05) is 42.5 Å². The summed E-state index contributed by atoms with van der Waals surface area (Å²) < 4.78 is 0. The number of likely N-dealkylation sites (tertiary alicyclic amines) is 1. The molecular formula is C21H27ClN2O. The van der Waals surface area contributed by atoms with Crippen molar-refractivity contribution in [2.45, 2.75) is 44.7 Å². The van der Waals surface area contributed by atoms with E-state index >= 15 is 0 Å². The smallest absolute Gasteiger partial charge is 0.226 e. The Bertz CT molecular complexity index is 742. The first-order valence-corrected chi connectivity index (χ1v) is 9.25. The van der Waals surface area contributed by atoms with Gasteiger partial charge in [-0.3, -0.25) is 4.79 Å². The van der Waals surface area contributed by atoms with Crippen molar-refractivity contribution in [3.63, 3.8) is 0 Å². The van der Waals surface area contributed by atoms with Gasteiger partial charge >= 0.3 is 0 Å². The van der Waals surface area contributed by atoms with E-state index < -0.39 is 0 Å². The van der Waals surface area contributed by atoms with Crippen molar-refractivity contribution >= 4 is 29.1 Å². The number of benzene rings is 2. The molecule has 2 saturated heterocycles. The first-order valence-electron chi connectivity index (χ1n) is 9.25. The van der Waals surface area contributed by atoms with E-state index in [4.69, 9.17) is 0 Å². The van der Waals surface area contributed by atoms with Crippen LogP contribution < -0.4 is 5.32 Å². The molecule has 2 heterocycles. The van der Waals surface area contributed by atoms with Gasteiger partial charge < -0.3 is 10.2 Å². The number of halogens is 1. The van der Waals surface area contributed by atoms with Crippen LogP contribution in [0.1, 0.15) is 44.2 Å². The highest BCUT2D eigenvalue weighted by molar-refractivity contribution is 5.87. The second-order valence-electron chi connectivity index (χ2n) is 7.33. The third-order valence-corrected chi connectivity index (χ3v) is 5.69. The van der Waals surface area contributed by atoms with Crippen molar-refractivity contribution in [2.24, 2.45) is 5.92 Å². The molecule has 0 spiro atoms. The van der Waals surface area contributed by atoms with Crippen LogP contribution in [0.25, 0.3) is 10.8 Å². The lowest BCUT2D eigenvalue weighted by Gasteiger charge is -2.33. The molecule has 2 aromatic carbocycles. The van der Waals surface area contributed by atoms with Crippen molar-refractivity contribution in [3.05, 3.63) is 48.0 Å². The molecule has 1 amide bonds. The molecule has 0 aromatic heterocycles. The van der Waals surface area contributed by atoms with Gasteiger partial charge in [0, 0.05) is 18.5 Å². The number of nitrogens with one attached hydrogen (secondary N) is 1. The first-order chi connectivity index (χ1) is 11.7. The Balaban J connectivity index is 0.00000182. The highest BCUT2D eigenvalue weighted by Gasteiger charge is 2.35. The van der Waals surface area contributed by atoms with Crippen LogP contribution >= 0.6 is 12.4 Å². The quantitative estimate of drug-likeness (QED) is 0.867. The average molecular weight is 359 g/mol. The predicted octanol–water partition coefficient (Wildman–Crippen LogP) is 4.31. The maximum Gasteiger partial charge on any atom is 0.226 e. The number of amides is 1. The topological polar surface area (TPSA) is 32.3 Å². The van der Waals surface area contributed by atoms with Gasteiger partial charge in [-0.25, -0.2) is 0 Å². The molecule has 2 aliphatic heterocycles. The number of carbonyl (C=O) groups is 1. The maximum atomic E-state index is 13.2. The third-order valence-electron chi connectivity index (χ3n) is 5.69. The van der Waals surface area contributed by atoms with Gasteiger partial charge in [-0.2, -0.15) is 0 Å². The molecular weight excluding hydrogens is 332 g/mol. The number of hydrogen-bond donors (Lipinski definition) is 1. The summed E-state index contributed by atoms with van der Waals surface area (Å²) in [4.78, 5) is 15.3. The van der Waals surface area contributed by atoms with E-state index in [0.717, 1.165) is 38.8 Å². The zero-order valence-electron chi connectivity index (χ0n) is 14.8. The van der Waals surface area contributed by atoms with Crippen molar-refractivity contribution in [1.82, 2.24) is 10.2 Å². The zero-order valence-corrected chi connectivity index (χ0v) is 15.6. The molecule has 0 bridgehead atoms. The van der Waals surface area contributed by atoms with Gasteiger partial charge in [0.25, 0.3) is 0 Å². The van der Waals surface area contributed by atoms with Crippen molar-refractivity contribution < 1.29 is 4.79 Å². The van der Waals surface area contributed by atoms with Crippen LogP contribution in [0.5, 0.6) is 0 Å². The minimum absolute atomic E-state index is 0. The number of fused-ring (bicyclic) bond motifs is 1. The minimum Gasteiger partial charge on any atom is -0.335 e. The minimum atomic E-state index is 0. The summed E-state index contributed by atoms with van der Waals surface area (Å²) in [5.74, 6) is 0.565. The Labute approximate surface area is 156 Å². The molecule has 0 saturated carbocycles. The Morgan fingerprint density at radius 3 is 2.76 bits per heavy atom. The first kappa shape index (κ1) is 18.2. The summed E-state index contributed by atoms with van der Waals surface area (Å²) in [7, 11) is 0. The molecule has 2 aromatic rings. The average Bonchev–Trinajstić information content (AvgIpc) is 3.10. The molecule has 3 atom stereocenters. The van der Waals surface area contributed by atoms with E-state index in [1.54, 1.807) is 0 Å². The second kappa shape index (κ2) is 7.76. The lowest BCUT2D eigenvalue weighted by atomic mass is 9.91. The van der Waals surface area contributed by atoms with Gasteiger partial charge in [0.2, 0.25) is 5.91 Å². The number of rotatable bonds is 2. The highest BCUT2D eigenvalue weighted by Crippen LogP contribution is 2.37. The Hall–Kier alpha value is -1.58. The van der Waals surface area contributed by atoms with Crippen LogP contribution in [-0.4, -0.2) is 29.9 Å². The van der Waals surface area contributed by atoms with Crippen LogP contribution in [0.2, 0.25) is 0 Å². The van der Waals surface area contributed by atoms with Crippen LogP contribution in [-0.2, 0) is 4.79 Å². The summed E-state index contributed by atoms with van der Waals surface area (Å²) in [5.41, 5.74) is 1.32. The lowest BCUT2D eigenvalue weighted by Crippen LogP contribution is -2.44. The van der Waals surface area contributed by atoms with Crippen LogP contribution in [0, 0.1) is 5.92 Å². The number of piperidine rings is 1. The predicted molar refractivity (Wildman–Crippen MR) is 105 cm³/mol. The van der Waals surface area contributed by atoms with Gasteiger partial charge in [0.1, 0.15) is 0 Å². The maximum absolute atomic E-state index is 13.2. The van der Waals surface area contributed by atoms with Gasteiger partial charge in [0.15, 0.2) is 0 Å². The van der Waals surface area contributed by atoms with Crippen LogP contribution in [0.15, 0.2) is 42.5 Å². The van der Waals surface area contributed by atoms with Gasteiger partial charge in [-0.05, 0) is 55.5 Å². The fourth-order valence-electron chi connectivity index (χ4n) is 4.49. The molecule has 3 nitrogen and oxygen atoms in total. The fraction of sp³-hybridized carbons (Fsp3) is 0.476. The molecule has 2 aliphatic rings. The zero-order chi connectivity index (χ0) is 16.5. The monoisotopic (exact) mass is 358 g/mol. The van der Waals surface area contributed by atoms with Gasteiger partial charge in [-0.15, -0.1) is 12.4 Å². The summed E-state index contributed by atoms with van der Waals surface area (Å²) in [6.07, 6.45) is 4.14. The van der Waals surface area contributed by atoms with E-state index in [9.17, 15) is 4.79 Å². The van der Waals surface area contributed by atoms with Crippen molar-refractivity contribution in [2.75, 3.05) is 13.1 Å². The molecule has 4 rings (SSSR count). The Kier molecular flexibility index (Phi) is 5.65. The molecule has 0 aliphatic carbocycles. The van der Waals surface area contributed by atoms with E-state index in [-0.39, 0.29) is 24.4 Å². The second-order valence-corrected chi connectivity index (χ2v) is 7.33. The highest BCUT2D eigenvalue weighted by atomic mass is 35.5. The Morgan fingerprint density at radius 2 is 1.92 bits per heavy atom. The lowest BCUT2D eigenvalue weighted by molar-refractivity contribution is -0.137. The fourth-order valence-corrected chi connectivity index (χ4v) is 4.49. The largest absolute Gasteiger partial charge is 0.335 e. The molecule has 1 unspecified atom stereocenters. The van der Waals surface area contributed by atoms with Crippen LogP contribution in [0.3, 0.4) is 0 Å². The van der Waals surface area contributed by atoms with E-state index in [2.05, 4.69) is 59.6 Å². The normalized spacial score (nSPS) is 26.4. The third kappa shape index (κ3) is 3.54. The number of hydrogen-bond acceptors (Lipinski definition) is 2. The summed E-state index contributed by atoms with van der Waals surface area (Å²) in [6.45, 7) is 4.06. The van der Waals surface area contributed by atoms with E-state index in [1.807, 2.05) is 0 Å². The van der Waals surface area contributed by atoms with E-state index in [1.165, 1.54) is 16.3 Å². The number of nitrogens with zero attached hydrogens (tertiary/aromatic N) is 1. The molecule has 134 valence electrons. The summed E-state index contributed by atoms with van der Waals surface area (Å²) in [5, 5.41) is 6.02. The van der Waals surface area contributed by atoms with Crippen LogP contribution in [0.4, 0.5) is 0 Å². The molecule has 0 radical (unpaired) electrons.